The van der Waals surface area contributed by atoms with Crippen LogP contribution in [-0.2, 0) is 0 Å². The molecule has 0 aliphatic heterocycles. The Bertz CT molecular complexity index is 331. The summed E-state index contributed by atoms with van der Waals surface area (Å²) in [4.78, 5) is 11.2. The number of hydrogen-bond acceptors (Lipinski definition) is 1. The summed E-state index contributed by atoms with van der Waals surface area (Å²) in [7, 11) is 0. The van der Waals surface area contributed by atoms with E-state index < -0.39 is 0 Å². The molecule has 1 rings (SSSR count). The van der Waals surface area contributed by atoms with Gasteiger partial charge in [-0.15, -0.1) is 0 Å². The minimum Gasteiger partial charge on any atom is -0.288 e. The predicted molar refractivity (Wildman–Crippen MR) is 51.8 cm³/mol. The van der Waals surface area contributed by atoms with Gasteiger partial charge in [0.05, 0.1) is 5.02 Å². The predicted octanol–water partition coefficient (Wildman–Crippen LogP) is 2.82. The van der Waals surface area contributed by atoms with Crippen LogP contribution in [0.2, 0.25) is 5.02 Å². The molecular weight excluding hydrogens is 172 g/mol. The van der Waals surface area contributed by atoms with Gasteiger partial charge < -0.3 is 0 Å². The zero-order chi connectivity index (χ0) is 9.14. The van der Waals surface area contributed by atoms with E-state index in [1.165, 1.54) is 0 Å². The van der Waals surface area contributed by atoms with Crippen LogP contribution in [0.3, 0.4) is 0 Å². The van der Waals surface area contributed by atoms with Gasteiger partial charge in [-0.05, 0) is 23.6 Å². The third kappa shape index (κ3) is 2.08. The Morgan fingerprint density at radius 3 is 2.58 bits per heavy atom. The van der Waals surface area contributed by atoms with Crippen LogP contribution in [0.15, 0.2) is 29.1 Å². The van der Waals surface area contributed by atoms with E-state index >= 15 is 0 Å². The summed E-state index contributed by atoms with van der Waals surface area (Å²) < 4.78 is 0. The molecule has 1 aromatic rings. The van der Waals surface area contributed by atoms with Gasteiger partial charge in [-0.1, -0.05) is 37.6 Å². The van der Waals surface area contributed by atoms with E-state index in [1.54, 1.807) is 18.2 Å². The highest BCUT2D eigenvalue weighted by molar-refractivity contribution is 6.30. The van der Waals surface area contributed by atoms with Crippen LogP contribution >= 0.6 is 11.6 Å². The first kappa shape index (κ1) is 9.27. The van der Waals surface area contributed by atoms with Crippen molar-refractivity contribution in [2.24, 2.45) is 0 Å². The molecule has 0 aromatic heterocycles. The van der Waals surface area contributed by atoms with Gasteiger partial charge in [0.25, 0.3) is 0 Å². The van der Waals surface area contributed by atoms with E-state index in [4.69, 9.17) is 11.6 Å². The Kier molecular flexibility index (Phi) is 2.88. The second-order valence-electron chi connectivity index (χ2n) is 3.04. The van der Waals surface area contributed by atoms with E-state index in [0.717, 1.165) is 5.56 Å². The van der Waals surface area contributed by atoms with Gasteiger partial charge in [0.15, 0.2) is 5.43 Å². The third-order valence-electron chi connectivity index (χ3n) is 1.73. The molecule has 0 heterocycles. The van der Waals surface area contributed by atoms with E-state index in [1.807, 2.05) is 19.9 Å². The molecule has 0 saturated carbocycles. The van der Waals surface area contributed by atoms with E-state index in [9.17, 15) is 4.79 Å². The third-order valence-corrected chi connectivity index (χ3v) is 2.04. The summed E-state index contributed by atoms with van der Waals surface area (Å²) in [5.74, 6) is 0.362. The second-order valence-corrected chi connectivity index (χ2v) is 3.44. The van der Waals surface area contributed by atoms with Crippen LogP contribution in [-0.4, -0.2) is 0 Å². The Labute approximate surface area is 77.0 Å². The SMILES string of the molecule is CC(C)c1cccc(Cl)c(=O)c1. The minimum absolute atomic E-state index is 0.106. The lowest BCUT2D eigenvalue weighted by Crippen LogP contribution is -1.97. The molecule has 0 spiro atoms. The summed E-state index contributed by atoms with van der Waals surface area (Å²) >= 11 is 5.66. The van der Waals surface area contributed by atoms with Crippen molar-refractivity contribution in [3.05, 3.63) is 45.1 Å². The van der Waals surface area contributed by atoms with Crippen molar-refractivity contribution in [2.75, 3.05) is 0 Å². The highest BCUT2D eigenvalue weighted by Crippen LogP contribution is 2.11. The maximum atomic E-state index is 11.2. The summed E-state index contributed by atoms with van der Waals surface area (Å²) in [6, 6.07) is 6.93. The summed E-state index contributed by atoms with van der Waals surface area (Å²) in [5, 5.41) is 0.280. The molecule has 1 aromatic carbocycles. The van der Waals surface area contributed by atoms with Crippen LogP contribution in [0.4, 0.5) is 0 Å². The van der Waals surface area contributed by atoms with Crippen molar-refractivity contribution < 1.29 is 0 Å². The van der Waals surface area contributed by atoms with Crippen molar-refractivity contribution in [3.8, 4) is 0 Å². The van der Waals surface area contributed by atoms with E-state index in [2.05, 4.69) is 0 Å². The normalized spacial score (nSPS) is 10.3. The summed E-state index contributed by atoms with van der Waals surface area (Å²) in [5.41, 5.74) is 0.914. The van der Waals surface area contributed by atoms with Gasteiger partial charge >= 0.3 is 0 Å². The monoisotopic (exact) mass is 182 g/mol. The quantitative estimate of drug-likeness (QED) is 0.653. The molecule has 0 N–H and O–H groups in total. The summed E-state index contributed by atoms with van der Waals surface area (Å²) in [6.07, 6.45) is 0. The Balaban J connectivity index is 3.32. The number of hydrogen-bond donors (Lipinski definition) is 0. The summed E-state index contributed by atoms with van der Waals surface area (Å²) in [6.45, 7) is 4.09. The largest absolute Gasteiger partial charge is 0.288 e. The van der Waals surface area contributed by atoms with Crippen molar-refractivity contribution in [3.63, 3.8) is 0 Å². The second kappa shape index (κ2) is 3.72. The number of halogens is 1. The number of rotatable bonds is 1. The van der Waals surface area contributed by atoms with Crippen LogP contribution in [0.25, 0.3) is 0 Å². The molecule has 2 heteroatoms. The maximum Gasteiger partial charge on any atom is 0.197 e. The zero-order valence-electron chi connectivity index (χ0n) is 7.17. The topological polar surface area (TPSA) is 17.1 Å². The van der Waals surface area contributed by atoms with Gasteiger partial charge in [0, 0.05) is 0 Å². The first-order valence-corrected chi connectivity index (χ1v) is 4.29. The average Bonchev–Trinajstić information content (AvgIpc) is 2.15. The molecule has 0 fully saturated rings. The molecule has 0 aliphatic carbocycles. The van der Waals surface area contributed by atoms with Crippen LogP contribution in [0.5, 0.6) is 0 Å². The Morgan fingerprint density at radius 2 is 2.00 bits per heavy atom. The first-order chi connectivity index (χ1) is 5.61. The van der Waals surface area contributed by atoms with Crippen molar-refractivity contribution >= 4 is 11.6 Å². The maximum absolute atomic E-state index is 11.2. The van der Waals surface area contributed by atoms with Crippen LogP contribution in [0, 0.1) is 0 Å². The van der Waals surface area contributed by atoms with Gasteiger partial charge in [-0.25, -0.2) is 0 Å². The van der Waals surface area contributed by atoms with Gasteiger partial charge in [-0.2, -0.15) is 0 Å². The minimum atomic E-state index is -0.106. The fourth-order valence-electron chi connectivity index (χ4n) is 0.953. The van der Waals surface area contributed by atoms with E-state index in [0.29, 0.717) is 5.92 Å². The lowest BCUT2D eigenvalue weighted by atomic mass is 10.1. The Morgan fingerprint density at radius 1 is 1.33 bits per heavy atom. The zero-order valence-corrected chi connectivity index (χ0v) is 7.93. The molecule has 0 saturated heterocycles. The molecule has 64 valence electrons. The fourth-order valence-corrected chi connectivity index (χ4v) is 1.08. The van der Waals surface area contributed by atoms with Crippen LogP contribution in [0.1, 0.15) is 25.3 Å². The smallest absolute Gasteiger partial charge is 0.197 e. The standard InChI is InChI=1S/C10H11ClO/c1-7(2)8-4-3-5-9(11)10(12)6-8/h3-7H,1-2H3. The molecular formula is C10H11ClO. The lowest BCUT2D eigenvalue weighted by molar-refractivity contribution is 0.867. The van der Waals surface area contributed by atoms with Gasteiger partial charge in [0.1, 0.15) is 0 Å². The van der Waals surface area contributed by atoms with Gasteiger partial charge in [-0.3, -0.25) is 4.79 Å². The average molecular weight is 183 g/mol. The molecule has 0 unspecified atom stereocenters. The van der Waals surface area contributed by atoms with E-state index in [-0.39, 0.29) is 10.5 Å². The molecule has 0 amide bonds. The molecule has 0 bridgehead atoms. The molecule has 12 heavy (non-hydrogen) atoms. The van der Waals surface area contributed by atoms with Crippen molar-refractivity contribution in [1.29, 1.82) is 0 Å². The van der Waals surface area contributed by atoms with Gasteiger partial charge in [0.2, 0.25) is 0 Å². The fraction of sp³-hybridized carbons (Fsp3) is 0.300. The highest BCUT2D eigenvalue weighted by atomic mass is 35.5. The molecule has 0 aliphatic rings. The molecule has 0 radical (unpaired) electrons. The highest BCUT2D eigenvalue weighted by Gasteiger charge is 1.98. The molecule has 1 nitrogen and oxygen atoms in total. The molecule has 0 atom stereocenters. The Hall–Kier alpha value is -0.820. The van der Waals surface area contributed by atoms with Crippen molar-refractivity contribution in [2.45, 2.75) is 19.8 Å². The first-order valence-electron chi connectivity index (χ1n) is 3.91. The van der Waals surface area contributed by atoms with Crippen molar-refractivity contribution in [1.82, 2.24) is 0 Å². The lowest BCUT2D eigenvalue weighted by Gasteiger charge is -1.98. The van der Waals surface area contributed by atoms with Crippen LogP contribution < -0.4 is 5.43 Å².